The summed E-state index contributed by atoms with van der Waals surface area (Å²) in [6.45, 7) is 9.09. The van der Waals surface area contributed by atoms with Crippen LogP contribution < -0.4 is 4.90 Å². The van der Waals surface area contributed by atoms with Gasteiger partial charge in [0.05, 0.1) is 24.2 Å². The van der Waals surface area contributed by atoms with E-state index in [1.165, 1.54) is 6.26 Å². The van der Waals surface area contributed by atoms with Crippen LogP contribution in [0.15, 0.2) is 30.6 Å². The Hall–Kier alpha value is -2.10. The van der Waals surface area contributed by atoms with Crippen molar-refractivity contribution in [2.75, 3.05) is 36.5 Å². The van der Waals surface area contributed by atoms with Gasteiger partial charge in [-0.1, -0.05) is 11.6 Å². The average Bonchev–Trinajstić information content (AvgIpc) is 3.29. The first-order chi connectivity index (χ1) is 15.8. The van der Waals surface area contributed by atoms with Crippen LogP contribution in [0, 0.1) is 0 Å². The summed E-state index contributed by atoms with van der Waals surface area (Å²) in [5.41, 5.74) is 2.37. The van der Waals surface area contributed by atoms with Gasteiger partial charge in [-0.2, -0.15) is 5.10 Å². The molecule has 4 rings (SSSR count). The molecule has 0 N–H and O–H groups in total. The fourth-order valence-corrected chi connectivity index (χ4v) is 5.51. The van der Waals surface area contributed by atoms with Crippen LogP contribution in [0.25, 0.3) is 0 Å². The lowest BCUT2D eigenvalue weighted by Crippen LogP contribution is -2.46. The monoisotopic (exact) mass is 508 g/mol. The Morgan fingerprint density at radius 2 is 1.94 bits per heavy atom. The fraction of sp³-hybridized carbons (Fsp3) is 0.583. The number of carbonyl (C=O) groups excluding carboxylic acids is 1. The summed E-state index contributed by atoms with van der Waals surface area (Å²) in [5.74, 6) is 0.0798. The van der Waals surface area contributed by atoms with Crippen molar-refractivity contribution in [3.63, 3.8) is 0 Å². The highest BCUT2D eigenvalue weighted by atomic mass is 35.5. The van der Waals surface area contributed by atoms with E-state index >= 15 is 0 Å². The maximum atomic E-state index is 13.0. The second kappa shape index (κ2) is 9.17. The number of aromatic nitrogens is 2. The van der Waals surface area contributed by atoms with Crippen LogP contribution in [0.5, 0.6) is 0 Å². The predicted molar refractivity (Wildman–Crippen MR) is 133 cm³/mol. The van der Waals surface area contributed by atoms with E-state index in [-0.39, 0.29) is 17.3 Å². The van der Waals surface area contributed by atoms with E-state index in [0.29, 0.717) is 18.1 Å². The number of aryl methyl sites for hydroxylation is 1. The van der Waals surface area contributed by atoms with Crippen LogP contribution in [0.2, 0.25) is 5.02 Å². The van der Waals surface area contributed by atoms with Gasteiger partial charge in [0, 0.05) is 41.5 Å². The molecular weight excluding hydrogens is 476 g/mol. The number of halogens is 1. The number of piperidine rings is 1. The predicted octanol–water partition coefficient (Wildman–Crippen LogP) is 3.87. The number of amides is 1. The molecule has 186 valence electrons. The highest BCUT2D eigenvalue weighted by Gasteiger charge is 2.47. The number of fused-ring (bicyclic) bond motifs is 2. The van der Waals surface area contributed by atoms with Crippen molar-refractivity contribution < 1.29 is 17.9 Å². The summed E-state index contributed by atoms with van der Waals surface area (Å²) in [4.78, 5) is 17.1. The molecule has 1 saturated heterocycles. The van der Waals surface area contributed by atoms with E-state index < -0.39 is 15.4 Å². The quantitative estimate of drug-likeness (QED) is 0.609. The van der Waals surface area contributed by atoms with E-state index in [0.717, 1.165) is 49.3 Å². The summed E-state index contributed by atoms with van der Waals surface area (Å²) >= 11 is 6.36. The second-order valence-corrected chi connectivity index (χ2v) is 13.2. The third-order valence-electron chi connectivity index (χ3n) is 6.49. The molecule has 0 aliphatic carbocycles. The molecule has 1 amide bonds. The number of likely N-dealkylation sites (tertiary alicyclic amines) is 1. The zero-order chi connectivity index (χ0) is 24.7. The number of carbonyl (C=O) groups is 1. The zero-order valence-electron chi connectivity index (χ0n) is 20.3. The smallest absolute Gasteiger partial charge is 0.414 e. The normalized spacial score (nSPS) is 18.3. The van der Waals surface area contributed by atoms with Crippen molar-refractivity contribution in [1.29, 1.82) is 0 Å². The molecule has 0 saturated carbocycles. The van der Waals surface area contributed by atoms with Crippen molar-refractivity contribution in [1.82, 2.24) is 14.7 Å². The summed E-state index contributed by atoms with van der Waals surface area (Å²) in [7, 11) is -3.02. The molecule has 1 fully saturated rings. The number of ether oxygens (including phenoxy) is 1. The lowest BCUT2D eigenvalue weighted by atomic mass is 9.74. The van der Waals surface area contributed by atoms with Gasteiger partial charge in [0.1, 0.15) is 15.4 Å². The van der Waals surface area contributed by atoms with Crippen molar-refractivity contribution >= 4 is 33.2 Å². The standard InChI is InChI=1S/C24H33ClN4O4S/c1-23(2,3)33-22(30)29-17-24(20-13-19(25)5-6-21(20)29)7-9-27(10-8-24)15-18-14-26-28(16-18)11-12-34(4,31)32/h5-6,13-14,16H,7-12,15,17H2,1-4H3. The van der Waals surface area contributed by atoms with Crippen LogP contribution in [0.1, 0.15) is 44.7 Å². The highest BCUT2D eigenvalue weighted by molar-refractivity contribution is 7.90. The first-order valence-electron chi connectivity index (χ1n) is 11.6. The highest BCUT2D eigenvalue weighted by Crippen LogP contribution is 2.48. The Balaban J connectivity index is 1.44. The Bertz CT molecular complexity index is 1160. The van der Waals surface area contributed by atoms with Crippen molar-refractivity contribution in [2.24, 2.45) is 0 Å². The third kappa shape index (κ3) is 5.75. The number of nitrogens with zero attached hydrogens (tertiary/aromatic N) is 4. The van der Waals surface area contributed by atoms with Gasteiger partial charge in [-0.15, -0.1) is 0 Å². The van der Waals surface area contributed by atoms with Gasteiger partial charge < -0.3 is 4.74 Å². The molecule has 1 aromatic carbocycles. The van der Waals surface area contributed by atoms with Gasteiger partial charge in [-0.3, -0.25) is 14.5 Å². The molecule has 0 bridgehead atoms. The molecule has 2 aliphatic rings. The van der Waals surface area contributed by atoms with Gasteiger partial charge in [0.2, 0.25) is 0 Å². The Morgan fingerprint density at radius 3 is 2.59 bits per heavy atom. The molecule has 1 spiro atoms. The topological polar surface area (TPSA) is 84.7 Å². The van der Waals surface area contributed by atoms with E-state index in [1.54, 1.807) is 9.58 Å². The van der Waals surface area contributed by atoms with Crippen LogP contribution in [0.4, 0.5) is 10.5 Å². The Morgan fingerprint density at radius 1 is 1.24 bits per heavy atom. The SMILES string of the molecule is CC(C)(C)OC(=O)N1CC2(CCN(Cc3cnn(CCS(C)(=O)=O)c3)CC2)c2cc(Cl)ccc21. The largest absolute Gasteiger partial charge is 0.443 e. The van der Waals surface area contributed by atoms with Crippen LogP contribution >= 0.6 is 11.6 Å². The first-order valence-corrected chi connectivity index (χ1v) is 14.0. The average molecular weight is 509 g/mol. The number of benzene rings is 1. The number of hydrogen-bond donors (Lipinski definition) is 0. The van der Waals surface area contributed by atoms with Gasteiger partial charge in [0.15, 0.2) is 0 Å². The minimum absolute atomic E-state index is 0.0798. The molecule has 2 aliphatic heterocycles. The Kier molecular flexibility index (Phi) is 6.74. The molecule has 3 heterocycles. The van der Waals surface area contributed by atoms with Gasteiger partial charge in [-0.25, -0.2) is 13.2 Å². The first kappa shape index (κ1) is 25.0. The van der Waals surface area contributed by atoms with E-state index in [9.17, 15) is 13.2 Å². The number of rotatable bonds is 5. The third-order valence-corrected chi connectivity index (χ3v) is 7.65. The molecule has 10 heteroatoms. The lowest BCUT2D eigenvalue weighted by molar-refractivity contribution is 0.0570. The van der Waals surface area contributed by atoms with Crippen LogP contribution in [-0.4, -0.2) is 66.4 Å². The summed E-state index contributed by atoms with van der Waals surface area (Å²) < 4.78 is 30.2. The van der Waals surface area contributed by atoms with Crippen molar-refractivity contribution in [3.05, 3.63) is 46.7 Å². The van der Waals surface area contributed by atoms with Gasteiger partial charge >= 0.3 is 6.09 Å². The molecule has 0 radical (unpaired) electrons. The lowest BCUT2D eigenvalue weighted by Gasteiger charge is -2.39. The maximum absolute atomic E-state index is 13.0. The minimum Gasteiger partial charge on any atom is -0.443 e. The van der Waals surface area contributed by atoms with Crippen LogP contribution in [-0.2, 0) is 33.1 Å². The fourth-order valence-electron chi connectivity index (χ4n) is 4.82. The summed E-state index contributed by atoms with van der Waals surface area (Å²) in [6, 6.07) is 5.75. The summed E-state index contributed by atoms with van der Waals surface area (Å²) in [6.07, 6.45) is 6.45. The summed E-state index contributed by atoms with van der Waals surface area (Å²) in [5, 5.41) is 4.98. The maximum Gasteiger partial charge on any atom is 0.414 e. The number of anilines is 1. The number of hydrogen-bond acceptors (Lipinski definition) is 6. The molecule has 0 unspecified atom stereocenters. The van der Waals surface area contributed by atoms with E-state index in [1.807, 2.05) is 51.4 Å². The van der Waals surface area contributed by atoms with Crippen molar-refractivity contribution in [2.45, 2.75) is 57.7 Å². The minimum atomic E-state index is -3.02. The molecule has 2 aromatic rings. The van der Waals surface area contributed by atoms with Gasteiger partial charge in [0.25, 0.3) is 0 Å². The number of sulfone groups is 1. The van der Waals surface area contributed by atoms with E-state index in [4.69, 9.17) is 16.3 Å². The second-order valence-electron chi connectivity index (χ2n) is 10.5. The molecule has 34 heavy (non-hydrogen) atoms. The van der Waals surface area contributed by atoms with E-state index in [2.05, 4.69) is 10.00 Å². The van der Waals surface area contributed by atoms with Crippen molar-refractivity contribution in [3.8, 4) is 0 Å². The zero-order valence-corrected chi connectivity index (χ0v) is 21.8. The van der Waals surface area contributed by atoms with Gasteiger partial charge in [-0.05, 0) is 70.5 Å². The molecule has 1 aromatic heterocycles. The molecule has 0 atom stereocenters. The Labute approximate surface area is 206 Å². The van der Waals surface area contributed by atoms with Crippen LogP contribution in [0.3, 0.4) is 0 Å². The molecule has 8 nitrogen and oxygen atoms in total. The molecular formula is C24H33ClN4O4S.